The van der Waals surface area contributed by atoms with Crippen LogP contribution in [0.1, 0.15) is 22.6 Å². The maximum atomic E-state index is 11.6. The van der Waals surface area contributed by atoms with Gasteiger partial charge in [-0.2, -0.15) is 0 Å². The number of carboxylic acid groups (broad SMARTS) is 1. The molecule has 0 saturated heterocycles. The molecule has 156 valence electrons. The van der Waals surface area contributed by atoms with Crippen LogP contribution < -0.4 is 4.74 Å². The second-order valence-corrected chi connectivity index (χ2v) is 8.18. The number of benzene rings is 3. The molecule has 1 aromatic heterocycles. The molecular weight excluding hydrogens is 416 g/mol. The van der Waals surface area contributed by atoms with Crippen LogP contribution in [-0.4, -0.2) is 22.8 Å². The molecule has 2 N–H and O–H groups in total. The van der Waals surface area contributed by atoms with Crippen molar-refractivity contribution in [1.29, 1.82) is 0 Å². The molecule has 2 heterocycles. The Morgan fingerprint density at radius 3 is 2.52 bits per heavy atom. The van der Waals surface area contributed by atoms with E-state index < -0.39 is 5.97 Å². The SMILES string of the molecule is O=C(O)Cc1c(-c2ccc(Cl)cc2)oc2cc3c(cc12)C[C@H](c1ccc(O)cc1)CO3. The van der Waals surface area contributed by atoms with E-state index in [9.17, 15) is 15.0 Å². The second kappa shape index (κ2) is 7.67. The summed E-state index contributed by atoms with van der Waals surface area (Å²) < 4.78 is 12.1. The fourth-order valence-corrected chi connectivity index (χ4v) is 4.28. The van der Waals surface area contributed by atoms with Gasteiger partial charge in [0.05, 0.1) is 13.0 Å². The molecule has 0 aliphatic carbocycles. The van der Waals surface area contributed by atoms with Crippen LogP contribution in [0, 0.1) is 0 Å². The zero-order chi connectivity index (χ0) is 21.5. The first-order chi connectivity index (χ1) is 15.0. The Kier molecular flexibility index (Phi) is 4.83. The van der Waals surface area contributed by atoms with Crippen LogP contribution in [0.25, 0.3) is 22.3 Å². The fraction of sp³-hybridized carbons (Fsp3) is 0.160. The fourth-order valence-electron chi connectivity index (χ4n) is 4.15. The number of carboxylic acids is 1. The monoisotopic (exact) mass is 434 g/mol. The van der Waals surface area contributed by atoms with Crippen LogP contribution in [0.2, 0.25) is 5.02 Å². The van der Waals surface area contributed by atoms with Crippen molar-refractivity contribution in [1.82, 2.24) is 0 Å². The Morgan fingerprint density at radius 2 is 1.81 bits per heavy atom. The van der Waals surface area contributed by atoms with Crippen molar-refractivity contribution in [2.24, 2.45) is 0 Å². The zero-order valence-corrected chi connectivity index (χ0v) is 17.2. The number of aliphatic carboxylic acids is 1. The number of furan rings is 1. The number of phenols is 1. The van der Waals surface area contributed by atoms with Gasteiger partial charge in [-0.15, -0.1) is 0 Å². The van der Waals surface area contributed by atoms with Crippen LogP contribution in [-0.2, 0) is 17.6 Å². The highest BCUT2D eigenvalue weighted by Gasteiger charge is 2.25. The minimum Gasteiger partial charge on any atom is -0.508 e. The Bertz CT molecular complexity index is 1270. The molecule has 0 fully saturated rings. The van der Waals surface area contributed by atoms with Crippen LogP contribution in [0.5, 0.6) is 11.5 Å². The van der Waals surface area contributed by atoms with E-state index in [0.29, 0.717) is 28.5 Å². The third-order valence-corrected chi connectivity index (χ3v) is 5.93. The predicted octanol–water partition coefficient (Wildman–Crippen LogP) is 5.80. The zero-order valence-electron chi connectivity index (χ0n) is 16.5. The topological polar surface area (TPSA) is 79.9 Å². The van der Waals surface area contributed by atoms with Gasteiger partial charge in [0.2, 0.25) is 0 Å². The molecule has 1 atom stereocenters. The molecule has 0 amide bonds. The lowest BCUT2D eigenvalue weighted by atomic mass is 9.89. The summed E-state index contributed by atoms with van der Waals surface area (Å²) in [7, 11) is 0. The summed E-state index contributed by atoms with van der Waals surface area (Å²) in [5.41, 5.74) is 4.11. The minimum absolute atomic E-state index is 0.147. The van der Waals surface area contributed by atoms with Gasteiger partial charge in [-0.1, -0.05) is 23.7 Å². The van der Waals surface area contributed by atoms with Crippen molar-refractivity contribution in [3.63, 3.8) is 0 Å². The Morgan fingerprint density at radius 1 is 1.06 bits per heavy atom. The van der Waals surface area contributed by atoms with Gasteiger partial charge < -0.3 is 19.4 Å². The highest BCUT2D eigenvalue weighted by atomic mass is 35.5. The van der Waals surface area contributed by atoms with Gasteiger partial charge in [0.25, 0.3) is 0 Å². The van der Waals surface area contributed by atoms with Gasteiger partial charge in [-0.3, -0.25) is 4.79 Å². The number of carbonyl (C=O) groups is 1. The molecule has 0 unspecified atom stereocenters. The van der Waals surface area contributed by atoms with Gasteiger partial charge in [0.1, 0.15) is 22.8 Å². The first-order valence-corrected chi connectivity index (χ1v) is 10.3. The first kappa shape index (κ1) is 19.5. The van der Waals surface area contributed by atoms with Crippen molar-refractivity contribution in [2.45, 2.75) is 18.8 Å². The van der Waals surface area contributed by atoms with Crippen molar-refractivity contribution in [3.8, 4) is 22.8 Å². The Balaban J connectivity index is 1.59. The third kappa shape index (κ3) is 3.73. The Labute approximate surface area is 183 Å². The van der Waals surface area contributed by atoms with Crippen molar-refractivity contribution in [3.05, 3.63) is 82.4 Å². The van der Waals surface area contributed by atoms with E-state index >= 15 is 0 Å². The molecule has 0 saturated carbocycles. The summed E-state index contributed by atoms with van der Waals surface area (Å²) in [6, 6.07) is 18.1. The minimum atomic E-state index is -0.922. The average Bonchev–Trinajstić information content (AvgIpc) is 3.09. The number of rotatable bonds is 4. The Hall–Kier alpha value is -3.44. The number of phenolic OH excluding ortho intramolecular Hbond substituents is 1. The molecule has 1 aliphatic heterocycles. The number of fused-ring (bicyclic) bond motifs is 2. The maximum absolute atomic E-state index is 11.6. The smallest absolute Gasteiger partial charge is 0.307 e. The third-order valence-electron chi connectivity index (χ3n) is 5.68. The van der Waals surface area contributed by atoms with Crippen molar-refractivity contribution < 1.29 is 24.2 Å². The summed E-state index contributed by atoms with van der Waals surface area (Å²) in [6.07, 6.45) is 0.607. The summed E-state index contributed by atoms with van der Waals surface area (Å²) in [4.78, 5) is 11.6. The van der Waals surface area contributed by atoms with E-state index in [4.69, 9.17) is 20.8 Å². The quantitative estimate of drug-likeness (QED) is 0.424. The number of aromatic hydroxyl groups is 1. The first-order valence-electron chi connectivity index (χ1n) is 9.95. The highest BCUT2D eigenvalue weighted by molar-refractivity contribution is 6.30. The molecule has 5 rings (SSSR count). The number of hydrogen-bond acceptors (Lipinski definition) is 4. The van der Waals surface area contributed by atoms with E-state index in [1.165, 1.54) is 0 Å². The molecule has 6 heteroatoms. The van der Waals surface area contributed by atoms with E-state index in [0.717, 1.165) is 34.2 Å². The van der Waals surface area contributed by atoms with Crippen LogP contribution in [0.4, 0.5) is 0 Å². The van der Waals surface area contributed by atoms with E-state index in [1.54, 1.807) is 24.3 Å². The van der Waals surface area contributed by atoms with Crippen molar-refractivity contribution in [2.75, 3.05) is 6.61 Å². The summed E-state index contributed by atoms with van der Waals surface area (Å²) in [5.74, 6) is 0.742. The largest absolute Gasteiger partial charge is 0.508 e. The lowest BCUT2D eigenvalue weighted by molar-refractivity contribution is -0.136. The molecule has 0 radical (unpaired) electrons. The number of halogens is 1. The van der Waals surface area contributed by atoms with Crippen molar-refractivity contribution >= 4 is 28.5 Å². The van der Waals surface area contributed by atoms with Gasteiger partial charge in [0, 0.05) is 33.5 Å². The van der Waals surface area contributed by atoms with Crippen LogP contribution in [0.15, 0.2) is 65.1 Å². The normalized spacial score (nSPS) is 15.5. The molecular formula is C25H19ClO5. The number of hydrogen-bond donors (Lipinski definition) is 2. The predicted molar refractivity (Wildman–Crippen MR) is 118 cm³/mol. The van der Waals surface area contributed by atoms with E-state index in [-0.39, 0.29) is 18.1 Å². The highest BCUT2D eigenvalue weighted by Crippen LogP contribution is 2.41. The molecule has 31 heavy (non-hydrogen) atoms. The van der Waals surface area contributed by atoms with Gasteiger partial charge in [-0.25, -0.2) is 0 Å². The maximum Gasteiger partial charge on any atom is 0.307 e. The lowest BCUT2D eigenvalue weighted by Gasteiger charge is -2.25. The molecule has 5 nitrogen and oxygen atoms in total. The van der Waals surface area contributed by atoms with Crippen LogP contribution in [0.3, 0.4) is 0 Å². The summed E-state index contributed by atoms with van der Waals surface area (Å²) >= 11 is 6.01. The summed E-state index contributed by atoms with van der Waals surface area (Å²) in [5, 5.41) is 20.4. The van der Waals surface area contributed by atoms with Gasteiger partial charge >= 0.3 is 5.97 Å². The lowest BCUT2D eigenvalue weighted by Crippen LogP contribution is -2.19. The van der Waals surface area contributed by atoms with Gasteiger partial charge in [-0.05, 0) is 60.0 Å². The summed E-state index contributed by atoms with van der Waals surface area (Å²) in [6.45, 7) is 0.524. The van der Waals surface area contributed by atoms with E-state index in [1.807, 2.05) is 36.4 Å². The second-order valence-electron chi connectivity index (χ2n) is 7.75. The standard InChI is InChI=1S/C25H19ClO5/c26-18-5-1-15(2-6-18)25-21(11-24(28)29)20-10-16-9-17(14-3-7-19(27)8-4-14)13-30-22(16)12-23(20)31-25/h1-8,10,12,17,27H,9,11,13H2,(H,28,29)/t17-/m0/s1. The van der Waals surface area contributed by atoms with E-state index in [2.05, 4.69) is 0 Å². The van der Waals surface area contributed by atoms with Crippen LogP contribution >= 0.6 is 11.6 Å². The molecule has 0 spiro atoms. The molecule has 4 aromatic rings. The molecule has 3 aromatic carbocycles. The number of ether oxygens (including phenoxy) is 1. The average molecular weight is 435 g/mol. The molecule has 0 bridgehead atoms. The van der Waals surface area contributed by atoms with Gasteiger partial charge in [0.15, 0.2) is 0 Å². The molecule has 1 aliphatic rings.